The first kappa shape index (κ1) is 13.6. The molecule has 0 aliphatic carbocycles. The van der Waals surface area contributed by atoms with E-state index in [2.05, 4.69) is 13.2 Å². The highest BCUT2D eigenvalue weighted by atomic mass is 35.7. The molecule has 0 nitrogen and oxygen atoms in total. The molecule has 0 bridgehead atoms. The van der Waals surface area contributed by atoms with Crippen LogP contribution in [0.5, 0.6) is 0 Å². The Morgan fingerprint density at radius 2 is 1.31 bits per heavy atom. The van der Waals surface area contributed by atoms with Gasteiger partial charge in [-0.2, -0.15) is 0 Å². The zero-order chi connectivity index (χ0) is 9.94. The van der Waals surface area contributed by atoms with Gasteiger partial charge in [-0.05, 0) is 12.8 Å². The standard InChI is InChI=1S/C11H24ClS/c1-3-4-5-6-7-8-9-10-11-13(2)12/h3-11H2,1-2H3/q+1. The Bertz CT molecular complexity index is 94.1. The molecule has 1 unspecified atom stereocenters. The molecule has 0 aromatic heterocycles. The van der Waals surface area contributed by atoms with Crippen molar-refractivity contribution in [3.05, 3.63) is 0 Å². The number of hydrogen-bond donors (Lipinski definition) is 0. The molecular formula is C11H24ClS+. The van der Waals surface area contributed by atoms with Crippen LogP contribution in [0.15, 0.2) is 0 Å². The van der Waals surface area contributed by atoms with Crippen molar-refractivity contribution in [2.75, 3.05) is 12.0 Å². The molecule has 80 valence electrons. The molecule has 0 aromatic rings. The summed E-state index contributed by atoms with van der Waals surface area (Å²) in [5.41, 5.74) is 0. The average molecular weight is 224 g/mol. The normalized spacial score (nSPS) is 13.2. The first-order chi connectivity index (χ1) is 6.27. The molecule has 0 aliphatic rings. The van der Waals surface area contributed by atoms with Crippen molar-refractivity contribution in [3.8, 4) is 0 Å². The van der Waals surface area contributed by atoms with E-state index in [1.165, 1.54) is 57.1 Å². The molecule has 0 saturated heterocycles. The van der Waals surface area contributed by atoms with Gasteiger partial charge in [0, 0.05) is 0 Å². The Morgan fingerprint density at radius 3 is 1.77 bits per heavy atom. The van der Waals surface area contributed by atoms with Crippen LogP contribution in [-0.4, -0.2) is 12.0 Å². The van der Waals surface area contributed by atoms with Crippen molar-refractivity contribution < 1.29 is 0 Å². The minimum absolute atomic E-state index is 0.146. The summed E-state index contributed by atoms with van der Waals surface area (Å²) in [7, 11) is 6.03. The van der Waals surface area contributed by atoms with Gasteiger partial charge in [0.25, 0.3) is 0 Å². The molecule has 0 N–H and O–H groups in total. The second-order valence-corrected chi connectivity index (χ2v) is 6.82. The third kappa shape index (κ3) is 12.6. The number of rotatable bonds is 9. The molecule has 0 saturated carbocycles. The van der Waals surface area contributed by atoms with Gasteiger partial charge in [0.1, 0.15) is 12.0 Å². The zero-order valence-electron chi connectivity index (χ0n) is 9.15. The van der Waals surface area contributed by atoms with Crippen molar-refractivity contribution in [2.45, 2.75) is 58.3 Å². The molecule has 2 heteroatoms. The molecular weight excluding hydrogens is 200 g/mol. The van der Waals surface area contributed by atoms with Gasteiger partial charge in [0.05, 0.1) is 10.1 Å². The molecule has 1 atom stereocenters. The van der Waals surface area contributed by atoms with E-state index in [1.54, 1.807) is 0 Å². The van der Waals surface area contributed by atoms with Gasteiger partial charge in [-0.1, -0.05) is 45.4 Å². The molecule has 0 amide bonds. The Morgan fingerprint density at radius 1 is 0.846 bits per heavy atom. The molecule has 13 heavy (non-hydrogen) atoms. The third-order valence-corrected chi connectivity index (χ3v) is 3.59. The molecule has 0 heterocycles. The van der Waals surface area contributed by atoms with E-state index in [4.69, 9.17) is 10.7 Å². The van der Waals surface area contributed by atoms with E-state index in [-0.39, 0.29) is 10.1 Å². The summed E-state index contributed by atoms with van der Waals surface area (Å²) < 4.78 is 0. The maximum absolute atomic E-state index is 5.89. The molecule has 0 aliphatic heterocycles. The third-order valence-electron chi connectivity index (χ3n) is 2.28. The SMILES string of the molecule is CCCCCCCCCC[S+](C)Cl. The highest BCUT2D eigenvalue weighted by Gasteiger charge is 2.04. The van der Waals surface area contributed by atoms with Gasteiger partial charge < -0.3 is 0 Å². The van der Waals surface area contributed by atoms with E-state index in [0.29, 0.717) is 0 Å². The topological polar surface area (TPSA) is 0 Å². The van der Waals surface area contributed by atoms with Crippen LogP contribution in [0.1, 0.15) is 58.3 Å². The predicted octanol–water partition coefficient (Wildman–Crippen LogP) is 4.53. The lowest BCUT2D eigenvalue weighted by Crippen LogP contribution is -1.95. The summed E-state index contributed by atoms with van der Waals surface area (Å²) in [6, 6.07) is 0. The fraction of sp³-hybridized carbons (Fsp3) is 1.00. The summed E-state index contributed by atoms with van der Waals surface area (Å²) in [5, 5.41) is 0. The number of unbranched alkanes of at least 4 members (excludes halogenated alkanes) is 7. The van der Waals surface area contributed by atoms with E-state index in [9.17, 15) is 0 Å². The minimum atomic E-state index is 0.146. The zero-order valence-corrected chi connectivity index (χ0v) is 10.7. The van der Waals surface area contributed by atoms with Gasteiger partial charge in [0.15, 0.2) is 10.7 Å². The van der Waals surface area contributed by atoms with E-state index in [1.807, 2.05) is 0 Å². The second kappa shape index (κ2) is 10.7. The van der Waals surface area contributed by atoms with Crippen molar-refractivity contribution in [1.82, 2.24) is 0 Å². The first-order valence-electron chi connectivity index (χ1n) is 5.56. The Kier molecular flexibility index (Phi) is 11.2. The van der Waals surface area contributed by atoms with E-state index in [0.717, 1.165) is 0 Å². The van der Waals surface area contributed by atoms with Gasteiger partial charge >= 0.3 is 0 Å². The molecule has 0 aromatic carbocycles. The lowest BCUT2D eigenvalue weighted by atomic mass is 10.1. The molecule has 0 fully saturated rings. The van der Waals surface area contributed by atoms with Crippen LogP contribution in [-0.2, 0) is 10.1 Å². The molecule has 0 rings (SSSR count). The summed E-state index contributed by atoms with van der Waals surface area (Å²) in [6.45, 7) is 2.27. The van der Waals surface area contributed by atoms with Crippen LogP contribution in [0.2, 0.25) is 0 Å². The van der Waals surface area contributed by atoms with Crippen LogP contribution in [0.4, 0.5) is 0 Å². The maximum Gasteiger partial charge on any atom is 0.175 e. The summed E-state index contributed by atoms with van der Waals surface area (Å²) in [6.07, 6.45) is 13.3. The van der Waals surface area contributed by atoms with Crippen molar-refractivity contribution >= 4 is 20.8 Å². The van der Waals surface area contributed by atoms with Crippen LogP contribution in [0.3, 0.4) is 0 Å². The van der Waals surface area contributed by atoms with Gasteiger partial charge in [0.2, 0.25) is 0 Å². The quantitative estimate of drug-likeness (QED) is 0.398. The highest BCUT2D eigenvalue weighted by Crippen LogP contribution is 2.10. The van der Waals surface area contributed by atoms with Crippen LogP contribution in [0, 0.1) is 0 Å². The monoisotopic (exact) mass is 223 g/mol. The van der Waals surface area contributed by atoms with E-state index < -0.39 is 0 Å². The summed E-state index contributed by atoms with van der Waals surface area (Å²) >= 11 is 0. The van der Waals surface area contributed by atoms with Gasteiger partial charge in [-0.3, -0.25) is 0 Å². The molecule has 0 radical (unpaired) electrons. The Hall–Kier alpha value is 0.640. The lowest BCUT2D eigenvalue weighted by molar-refractivity contribution is 0.586. The van der Waals surface area contributed by atoms with Crippen LogP contribution < -0.4 is 0 Å². The smallest absolute Gasteiger partial charge is 0.0654 e. The average Bonchev–Trinajstić information content (AvgIpc) is 2.09. The number of halogens is 1. The van der Waals surface area contributed by atoms with Crippen molar-refractivity contribution in [1.29, 1.82) is 0 Å². The van der Waals surface area contributed by atoms with Crippen LogP contribution >= 0.6 is 10.7 Å². The number of hydrogen-bond acceptors (Lipinski definition) is 0. The van der Waals surface area contributed by atoms with E-state index >= 15 is 0 Å². The van der Waals surface area contributed by atoms with Gasteiger partial charge in [-0.15, -0.1) is 0 Å². The minimum Gasteiger partial charge on any atom is -0.0654 e. The summed E-state index contributed by atoms with van der Waals surface area (Å²) in [5.74, 6) is 1.22. The second-order valence-electron chi connectivity index (χ2n) is 3.73. The first-order valence-corrected chi connectivity index (χ1v) is 8.19. The Labute approximate surface area is 91.3 Å². The molecule has 0 spiro atoms. The largest absolute Gasteiger partial charge is 0.175 e. The maximum atomic E-state index is 5.89. The van der Waals surface area contributed by atoms with Crippen molar-refractivity contribution in [2.24, 2.45) is 0 Å². The predicted molar refractivity (Wildman–Crippen MR) is 66.6 cm³/mol. The highest BCUT2D eigenvalue weighted by molar-refractivity contribution is 8.17. The fourth-order valence-electron chi connectivity index (χ4n) is 1.43. The van der Waals surface area contributed by atoms with Crippen LogP contribution in [0.25, 0.3) is 0 Å². The Balaban J connectivity index is 2.84. The summed E-state index contributed by atoms with van der Waals surface area (Å²) in [4.78, 5) is 0. The fourth-order valence-corrected chi connectivity index (χ4v) is 2.36. The van der Waals surface area contributed by atoms with Gasteiger partial charge in [-0.25, -0.2) is 0 Å². The lowest BCUT2D eigenvalue weighted by Gasteiger charge is -1.99. The van der Waals surface area contributed by atoms with Crippen molar-refractivity contribution in [3.63, 3.8) is 0 Å².